The highest BCUT2D eigenvalue weighted by atomic mass is 32.1. The molecule has 4 heterocycles. The van der Waals surface area contributed by atoms with Crippen molar-refractivity contribution < 1.29 is 9.32 Å². The van der Waals surface area contributed by atoms with E-state index in [-0.39, 0.29) is 17.9 Å². The van der Waals surface area contributed by atoms with Crippen molar-refractivity contribution in [3.05, 3.63) is 53.2 Å². The summed E-state index contributed by atoms with van der Waals surface area (Å²) in [5.74, 6) is 1.34. The Hall–Kier alpha value is -2.71. The van der Waals surface area contributed by atoms with E-state index in [9.17, 15) is 4.79 Å². The molecular weight excluding hydrogens is 446 g/mol. The van der Waals surface area contributed by atoms with Crippen molar-refractivity contribution in [3.8, 4) is 10.7 Å². The molecule has 34 heavy (non-hydrogen) atoms. The predicted molar refractivity (Wildman–Crippen MR) is 135 cm³/mol. The molecule has 8 heteroatoms. The quantitative estimate of drug-likeness (QED) is 0.521. The highest BCUT2D eigenvalue weighted by Crippen LogP contribution is 2.25. The highest BCUT2D eigenvalue weighted by Gasteiger charge is 2.28. The second-order valence-electron chi connectivity index (χ2n) is 9.43. The second kappa shape index (κ2) is 10.7. The van der Waals surface area contributed by atoms with E-state index >= 15 is 0 Å². The van der Waals surface area contributed by atoms with Gasteiger partial charge in [-0.05, 0) is 74.7 Å². The fourth-order valence-electron chi connectivity index (χ4n) is 4.97. The molecule has 7 nitrogen and oxygen atoms in total. The predicted octanol–water partition coefficient (Wildman–Crippen LogP) is 4.88. The van der Waals surface area contributed by atoms with Crippen LogP contribution in [-0.4, -0.2) is 47.1 Å². The number of benzene rings is 1. The summed E-state index contributed by atoms with van der Waals surface area (Å²) in [6, 6.07) is 12.7. The number of nitrogens with one attached hydrogen (secondary N) is 1. The Kier molecular flexibility index (Phi) is 7.25. The van der Waals surface area contributed by atoms with Gasteiger partial charge in [0.15, 0.2) is 0 Å². The van der Waals surface area contributed by atoms with Crippen molar-refractivity contribution >= 4 is 22.9 Å². The molecule has 2 atom stereocenters. The minimum atomic E-state index is -0.0245. The van der Waals surface area contributed by atoms with Crippen LogP contribution in [0.5, 0.6) is 0 Å². The number of carbonyl (C=O) groups excluding carboxylic acids is 1. The molecule has 180 valence electrons. The van der Waals surface area contributed by atoms with Gasteiger partial charge in [0, 0.05) is 25.3 Å². The van der Waals surface area contributed by atoms with Gasteiger partial charge in [0.05, 0.1) is 23.4 Å². The van der Waals surface area contributed by atoms with Crippen molar-refractivity contribution in [2.24, 2.45) is 5.92 Å². The number of piperidine rings is 2. The van der Waals surface area contributed by atoms with Crippen molar-refractivity contribution in [2.75, 3.05) is 31.1 Å². The Morgan fingerprint density at radius 2 is 1.97 bits per heavy atom. The Labute approximate surface area is 205 Å². The number of hydrogen-bond acceptors (Lipinski definition) is 7. The van der Waals surface area contributed by atoms with Crippen molar-refractivity contribution in [2.45, 2.75) is 51.6 Å². The van der Waals surface area contributed by atoms with E-state index in [1.165, 1.54) is 24.9 Å². The maximum atomic E-state index is 13.1. The molecule has 2 aromatic heterocycles. The maximum absolute atomic E-state index is 13.1. The third-order valence-corrected chi connectivity index (χ3v) is 7.78. The number of likely N-dealkylation sites (tertiary alicyclic amines) is 1. The average Bonchev–Trinajstić information content (AvgIpc) is 3.57. The van der Waals surface area contributed by atoms with Crippen molar-refractivity contribution in [3.63, 3.8) is 0 Å². The van der Waals surface area contributed by atoms with Crippen LogP contribution in [0.4, 0.5) is 5.69 Å². The molecule has 0 spiro atoms. The van der Waals surface area contributed by atoms with Gasteiger partial charge in [-0.1, -0.05) is 23.4 Å². The first-order valence-electron chi connectivity index (χ1n) is 12.4. The van der Waals surface area contributed by atoms with Gasteiger partial charge in [-0.2, -0.15) is 4.98 Å². The molecule has 1 amide bonds. The third-order valence-electron chi connectivity index (χ3n) is 6.92. The minimum absolute atomic E-state index is 0.0115. The lowest BCUT2D eigenvalue weighted by molar-refractivity contribution is -0.127. The molecule has 3 aromatic rings. The summed E-state index contributed by atoms with van der Waals surface area (Å²) < 4.78 is 5.46. The number of anilines is 1. The fraction of sp³-hybridized carbons (Fsp3) is 0.500. The van der Waals surface area contributed by atoms with E-state index in [0.717, 1.165) is 42.9 Å². The minimum Gasteiger partial charge on any atom is -0.372 e. The molecule has 5 rings (SSSR count). The smallest absolute Gasteiger partial charge is 0.241 e. The number of thiophene rings is 1. The molecule has 2 saturated heterocycles. The van der Waals surface area contributed by atoms with E-state index < -0.39 is 0 Å². The molecule has 0 radical (unpaired) electrons. The summed E-state index contributed by atoms with van der Waals surface area (Å²) in [6.45, 7) is 6.58. The van der Waals surface area contributed by atoms with Crippen molar-refractivity contribution in [1.82, 2.24) is 20.4 Å². The van der Waals surface area contributed by atoms with Gasteiger partial charge in [0.2, 0.25) is 17.6 Å². The van der Waals surface area contributed by atoms with Crippen LogP contribution in [0.2, 0.25) is 0 Å². The molecule has 2 unspecified atom stereocenters. The third kappa shape index (κ3) is 5.50. The topological polar surface area (TPSA) is 74.5 Å². The molecule has 0 bridgehead atoms. The lowest BCUT2D eigenvalue weighted by atomic mass is 9.96. The highest BCUT2D eigenvalue weighted by molar-refractivity contribution is 7.13. The largest absolute Gasteiger partial charge is 0.372 e. The SMILES string of the molecule is CC(NC(=O)C1CCCN(Cc2nc(-c3cccs3)no2)C1)c1ccc(N2CCCCC2)cc1. The van der Waals surface area contributed by atoms with Crippen LogP contribution in [-0.2, 0) is 11.3 Å². The van der Waals surface area contributed by atoms with E-state index in [1.54, 1.807) is 11.3 Å². The Morgan fingerprint density at radius 3 is 2.74 bits per heavy atom. The van der Waals surface area contributed by atoms with E-state index in [0.29, 0.717) is 24.8 Å². The van der Waals surface area contributed by atoms with Gasteiger partial charge in [-0.15, -0.1) is 11.3 Å². The van der Waals surface area contributed by atoms with Crippen molar-refractivity contribution in [1.29, 1.82) is 0 Å². The standard InChI is InChI=1S/C26H33N5O2S/c1-19(20-9-11-22(12-10-20)31-14-3-2-4-15-31)27-26(32)21-7-5-13-30(17-21)18-24-28-25(29-33-24)23-8-6-16-34-23/h6,8-12,16,19,21H,2-5,7,13-15,17-18H2,1H3,(H,27,32). The first-order valence-corrected chi connectivity index (χ1v) is 13.3. The van der Waals surface area contributed by atoms with Crippen LogP contribution in [0.25, 0.3) is 10.7 Å². The van der Waals surface area contributed by atoms with Crippen LogP contribution >= 0.6 is 11.3 Å². The van der Waals surface area contributed by atoms with Gasteiger partial charge in [-0.3, -0.25) is 9.69 Å². The van der Waals surface area contributed by atoms with Crippen LogP contribution in [0.3, 0.4) is 0 Å². The van der Waals surface area contributed by atoms with Crippen LogP contribution in [0.15, 0.2) is 46.3 Å². The number of carbonyl (C=O) groups is 1. The Morgan fingerprint density at radius 1 is 1.15 bits per heavy atom. The molecule has 1 N–H and O–H groups in total. The average molecular weight is 480 g/mol. The molecule has 0 saturated carbocycles. The van der Waals surface area contributed by atoms with Gasteiger partial charge in [0.25, 0.3) is 0 Å². The van der Waals surface area contributed by atoms with E-state index in [4.69, 9.17) is 4.52 Å². The summed E-state index contributed by atoms with van der Waals surface area (Å²) in [5, 5.41) is 9.35. The number of rotatable bonds is 7. The zero-order chi connectivity index (χ0) is 23.3. The molecule has 2 aliphatic heterocycles. The summed E-state index contributed by atoms with van der Waals surface area (Å²) in [5.41, 5.74) is 2.43. The number of aromatic nitrogens is 2. The maximum Gasteiger partial charge on any atom is 0.241 e. The van der Waals surface area contributed by atoms with Gasteiger partial charge < -0.3 is 14.7 Å². The van der Waals surface area contributed by atoms with Gasteiger partial charge in [-0.25, -0.2) is 0 Å². The molecule has 2 aliphatic rings. The van der Waals surface area contributed by atoms with Gasteiger partial charge >= 0.3 is 0 Å². The van der Waals surface area contributed by atoms with Crippen LogP contribution in [0.1, 0.15) is 56.5 Å². The molecule has 2 fully saturated rings. The summed E-state index contributed by atoms with van der Waals surface area (Å²) in [6.07, 6.45) is 5.78. The van der Waals surface area contributed by atoms with Crippen LogP contribution < -0.4 is 10.2 Å². The number of amides is 1. The lowest BCUT2D eigenvalue weighted by Gasteiger charge is -2.31. The Bertz CT molecular complexity index is 1060. The molecular formula is C26H33N5O2S. The lowest BCUT2D eigenvalue weighted by Crippen LogP contribution is -2.43. The van der Waals surface area contributed by atoms with Gasteiger partial charge in [0.1, 0.15) is 0 Å². The first-order chi connectivity index (χ1) is 16.7. The molecule has 1 aromatic carbocycles. The number of nitrogens with zero attached hydrogens (tertiary/aromatic N) is 4. The van der Waals surface area contributed by atoms with E-state index in [1.807, 2.05) is 17.5 Å². The number of hydrogen-bond donors (Lipinski definition) is 1. The summed E-state index contributed by atoms with van der Waals surface area (Å²) >= 11 is 1.60. The monoisotopic (exact) mass is 479 g/mol. The summed E-state index contributed by atoms with van der Waals surface area (Å²) in [7, 11) is 0. The zero-order valence-corrected chi connectivity index (χ0v) is 20.6. The first kappa shape index (κ1) is 23.1. The van der Waals surface area contributed by atoms with E-state index in [2.05, 4.69) is 56.4 Å². The second-order valence-corrected chi connectivity index (χ2v) is 10.4. The molecule has 0 aliphatic carbocycles. The fourth-order valence-corrected chi connectivity index (χ4v) is 5.62. The summed E-state index contributed by atoms with van der Waals surface area (Å²) in [4.78, 5) is 23.3. The van der Waals surface area contributed by atoms with Crippen LogP contribution in [0, 0.1) is 5.92 Å². The Balaban J connectivity index is 1.14. The normalized spacial score (nSPS) is 20.3. The zero-order valence-electron chi connectivity index (χ0n) is 19.8.